The Morgan fingerprint density at radius 1 is 1.21 bits per heavy atom. The van der Waals surface area contributed by atoms with E-state index in [0.29, 0.717) is 22.3 Å². The van der Waals surface area contributed by atoms with Crippen molar-refractivity contribution in [1.29, 1.82) is 0 Å². The maximum absolute atomic E-state index is 5.85. The Kier molecular flexibility index (Phi) is 3.90. The lowest BCUT2D eigenvalue weighted by Crippen LogP contribution is -2.02. The van der Waals surface area contributed by atoms with Crippen LogP contribution in [0.4, 0.5) is 5.69 Å². The van der Waals surface area contributed by atoms with Crippen LogP contribution in [0.1, 0.15) is 31.3 Å². The maximum Gasteiger partial charge on any atom is 0.222 e. The number of ether oxygens (including phenoxy) is 1. The second kappa shape index (κ2) is 5.45. The summed E-state index contributed by atoms with van der Waals surface area (Å²) >= 11 is 5.85. The molecule has 4 nitrogen and oxygen atoms in total. The van der Waals surface area contributed by atoms with Crippen LogP contribution < -0.4 is 10.5 Å². The molecular formula is C14H16ClN3O. The summed E-state index contributed by atoms with van der Waals surface area (Å²) < 4.78 is 5.70. The Bertz CT molecular complexity index is 599. The van der Waals surface area contributed by atoms with Crippen LogP contribution in [0.5, 0.6) is 11.6 Å². The largest absolute Gasteiger partial charge is 0.437 e. The number of anilines is 1. The highest BCUT2D eigenvalue weighted by Crippen LogP contribution is 2.29. The number of aryl methyl sites for hydroxylation is 1. The number of aromatic nitrogens is 2. The van der Waals surface area contributed by atoms with Gasteiger partial charge in [-0.25, -0.2) is 4.98 Å². The monoisotopic (exact) mass is 277 g/mol. The average Bonchev–Trinajstić information content (AvgIpc) is 2.32. The standard InChI is InChI=1S/C14H16ClN3O/c1-8(2)14-17-9(3)6-13(18-14)19-12-5-4-10(15)7-11(12)16/h4-8H,16H2,1-3H3. The lowest BCUT2D eigenvalue weighted by Gasteiger charge is -2.11. The molecule has 5 heteroatoms. The third-order valence-electron chi connectivity index (χ3n) is 2.55. The van der Waals surface area contributed by atoms with Crippen LogP contribution in [-0.2, 0) is 0 Å². The van der Waals surface area contributed by atoms with Crippen LogP contribution in [-0.4, -0.2) is 9.97 Å². The van der Waals surface area contributed by atoms with E-state index in [1.54, 1.807) is 24.3 Å². The molecule has 1 aromatic carbocycles. The first-order valence-electron chi connectivity index (χ1n) is 6.04. The normalized spacial score (nSPS) is 10.8. The van der Waals surface area contributed by atoms with Gasteiger partial charge in [-0.15, -0.1) is 0 Å². The summed E-state index contributed by atoms with van der Waals surface area (Å²) in [6, 6.07) is 6.88. The molecule has 1 heterocycles. The van der Waals surface area contributed by atoms with Gasteiger partial charge in [0.05, 0.1) is 5.69 Å². The zero-order chi connectivity index (χ0) is 14.0. The summed E-state index contributed by atoms with van der Waals surface area (Å²) in [7, 11) is 0. The van der Waals surface area contributed by atoms with Crippen molar-refractivity contribution in [3.05, 3.63) is 40.8 Å². The molecule has 0 radical (unpaired) electrons. The highest BCUT2D eigenvalue weighted by Gasteiger charge is 2.09. The van der Waals surface area contributed by atoms with Gasteiger partial charge in [0.2, 0.25) is 5.88 Å². The predicted molar refractivity (Wildman–Crippen MR) is 76.8 cm³/mol. The third kappa shape index (κ3) is 3.35. The van der Waals surface area contributed by atoms with Crippen molar-refractivity contribution in [2.75, 3.05) is 5.73 Å². The molecule has 19 heavy (non-hydrogen) atoms. The molecule has 2 aromatic rings. The average molecular weight is 278 g/mol. The number of nitrogen functional groups attached to an aromatic ring is 1. The Labute approximate surface area is 117 Å². The van der Waals surface area contributed by atoms with Crippen molar-refractivity contribution < 1.29 is 4.74 Å². The molecule has 0 fully saturated rings. The van der Waals surface area contributed by atoms with Gasteiger partial charge in [0, 0.05) is 22.7 Å². The SMILES string of the molecule is Cc1cc(Oc2ccc(Cl)cc2N)nc(C(C)C)n1. The van der Waals surface area contributed by atoms with Crippen molar-refractivity contribution in [3.63, 3.8) is 0 Å². The van der Waals surface area contributed by atoms with Crippen LogP contribution in [0.3, 0.4) is 0 Å². The highest BCUT2D eigenvalue weighted by molar-refractivity contribution is 6.30. The second-order valence-electron chi connectivity index (χ2n) is 4.64. The number of nitrogens with two attached hydrogens (primary N) is 1. The minimum atomic E-state index is 0.241. The minimum Gasteiger partial charge on any atom is -0.437 e. The molecule has 2 rings (SSSR count). The first kappa shape index (κ1) is 13.6. The van der Waals surface area contributed by atoms with Crippen LogP contribution in [0.2, 0.25) is 5.02 Å². The van der Waals surface area contributed by atoms with Crippen LogP contribution in [0.25, 0.3) is 0 Å². The lowest BCUT2D eigenvalue weighted by molar-refractivity contribution is 0.458. The quantitative estimate of drug-likeness (QED) is 0.863. The Hall–Kier alpha value is -1.81. The van der Waals surface area contributed by atoms with Gasteiger partial charge in [-0.3, -0.25) is 0 Å². The van der Waals surface area contributed by atoms with Gasteiger partial charge >= 0.3 is 0 Å². The van der Waals surface area contributed by atoms with Gasteiger partial charge in [0.1, 0.15) is 5.82 Å². The van der Waals surface area contributed by atoms with Crippen molar-refractivity contribution in [3.8, 4) is 11.6 Å². The predicted octanol–water partition coefficient (Wildman–Crippen LogP) is 3.94. The number of nitrogens with zero attached hydrogens (tertiary/aromatic N) is 2. The number of halogens is 1. The van der Waals surface area contributed by atoms with Crippen molar-refractivity contribution >= 4 is 17.3 Å². The van der Waals surface area contributed by atoms with E-state index >= 15 is 0 Å². The summed E-state index contributed by atoms with van der Waals surface area (Å²) in [6.45, 7) is 5.98. The van der Waals surface area contributed by atoms with E-state index < -0.39 is 0 Å². The van der Waals surface area contributed by atoms with Crippen LogP contribution in [0.15, 0.2) is 24.3 Å². The Balaban J connectivity index is 2.32. The fourth-order valence-electron chi connectivity index (χ4n) is 1.60. The van der Waals surface area contributed by atoms with Crippen molar-refractivity contribution in [1.82, 2.24) is 9.97 Å². The molecule has 0 unspecified atom stereocenters. The molecule has 1 aromatic heterocycles. The molecule has 0 bridgehead atoms. The molecule has 0 saturated carbocycles. The number of benzene rings is 1. The van der Waals surface area contributed by atoms with Gasteiger partial charge in [-0.1, -0.05) is 25.4 Å². The summed E-state index contributed by atoms with van der Waals surface area (Å²) in [5.41, 5.74) is 7.20. The summed E-state index contributed by atoms with van der Waals surface area (Å²) in [6.07, 6.45) is 0. The second-order valence-corrected chi connectivity index (χ2v) is 5.08. The van der Waals surface area contributed by atoms with E-state index in [1.807, 2.05) is 20.8 Å². The smallest absolute Gasteiger partial charge is 0.222 e. The van der Waals surface area contributed by atoms with Gasteiger partial charge in [0.15, 0.2) is 5.75 Å². The van der Waals surface area contributed by atoms with Crippen LogP contribution in [0, 0.1) is 6.92 Å². The third-order valence-corrected chi connectivity index (χ3v) is 2.79. The molecule has 0 aliphatic carbocycles. The summed E-state index contributed by atoms with van der Waals surface area (Å²) in [5.74, 6) is 2.02. The Morgan fingerprint density at radius 3 is 2.58 bits per heavy atom. The molecule has 0 aliphatic heterocycles. The maximum atomic E-state index is 5.85. The molecule has 0 aliphatic rings. The molecular weight excluding hydrogens is 262 g/mol. The van der Waals surface area contributed by atoms with Crippen molar-refractivity contribution in [2.24, 2.45) is 0 Å². The summed E-state index contributed by atoms with van der Waals surface area (Å²) in [5, 5.41) is 0.576. The molecule has 2 N–H and O–H groups in total. The number of hydrogen-bond donors (Lipinski definition) is 1. The number of hydrogen-bond acceptors (Lipinski definition) is 4. The molecule has 100 valence electrons. The molecule has 0 saturated heterocycles. The lowest BCUT2D eigenvalue weighted by atomic mass is 10.2. The van der Waals surface area contributed by atoms with E-state index in [9.17, 15) is 0 Å². The van der Waals surface area contributed by atoms with Gasteiger partial charge < -0.3 is 10.5 Å². The van der Waals surface area contributed by atoms with E-state index in [0.717, 1.165) is 11.5 Å². The first-order chi connectivity index (χ1) is 8.95. The van der Waals surface area contributed by atoms with E-state index in [4.69, 9.17) is 22.1 Å². The molecule has 0 amide bonds. The van der Waals surface area contributed by atoms with Gasteiger partial charge in [0.25, 0.3) is 0 Å². The Morgan fingerprint density at radius 2 is 1.95 bits per heavy atom. The van der Waals surface area contributed by atoms with E-state index in [2.05, 4.69) is 9.97 Å². The summed E-state index contributed by atoms with van der Waals surface area (Å²) in [4.78, 5) is 8.74. The van der Waals surface area contributed by atoms with E-state index in [-0.39, 0.29) is 5.92 Å². The van der Waals surface area contributed by atoms with Gasteiger partial charge in [-0.05, 0) is 25.1 Å². The topological polar surface area (TPSA) is 61.0 Å². The van der Waals surface area contributed by atoms with Gasteiger partial charge in [-0.2, -0.15) is 4.98 Å². The zero-order valence-electron chi connectivity index (χ0n) is 11.1. The first-order valence-corrected chi connectivity index (χ1v) is 6.42. The van der Waals surface area contributed by atoms with E-state index in [1.165, 1.54) is 0 Å². The fraction of sp³-hybridized carbons (Fsp3) is 0.286. The highest BCUT2D eigenvalue weighted by atomic mass is 35.5. The minimum absolute atomic E-state index is 0.241. The molecule has 0 atom stereocenters. The van der Waals surface area contributed by atoms with Crippen molar-refractivity contribution in [2.45, 2.75) is 26.7 Å². The zero-order valence-corrected chi connectivity index (χ0v) is 11.9. The van der Waals surface area contributed by atoms with Crippen LogP contribution >= 0.6 is 11.6 Å². The molecule has 0 spiro atoms. The number of rotatable bonds is 3. The fourth-order valence-corrected chi connectivity index (χ4v) is 1.78.